The van der Waals surface area contributed by atoms with Crippen molar-refractivity contribution in [3.8, 4) is 0 Å². The summed E-state index contributed by atoms with van der Waals surface area (Å²) in [7, 11) is 0. The highest BCUT2D eigenvalue weighted by molar-refractivity contribution is 7.12. The van der Waals surface area contributed by atoms with Gasteiger partial charge in [-0.2, -0.15) is 0 Å². The minimum Gasteiger partial charge on any atom is -0.378 e. The summed E-state index contributed by atoms with van der Waals surface area (Å²) in [5.41, 5.74) is 1.66. The Morgan fingerprint density at radius 2 is 1.93 bits per heavy atom. The van der Waals surface area contributed by atoms with Crippen LogP contribution in [0.3, 0.4) is 0 Å². The van der Waals surface area contributed by atoms with E-state index in [9.17, 15) is 4.79 Å². The molecule has 0 spiro atoms. The lowest BCUT2D eigenvalue weighted by atomic mass is 9.79. The van der Waals surface area contributed by atoms with Crippen LogP contribution in [0.5, 0.6) is 0 Å². The Labute approximate surface area is 273 Å². The fraction of sp³-hybridized carbons (Fsp3) is 0.861. The Bertz CT molecular complexity index is 932. The normalized spacial score (nSPS) is 21.8. The molecule has 1 aromatic rings. The maximum absolute atomic E-state index is 12.7. The molecule has 5 nitrogen and oxygen atoms in total. The van der Waals surface area contributed by atoms with Crippen molar-refractivity contribution in [2.24, 2.45) is 11.3 Å². The molecule has 0 radical (unpaired) electrons. The molecule has 3 rings (SSSR count). The zero-order valence-corrected chi connectivity index (χ0v) is 29.9. The average molecular weight is 639 g/mol. The van der Waals surface area contributed by atoms with Crippen molar-refractivity contribution in [3.63, 3.8) is 0 Å². The SMILES string of the molecule is CCc1cc2c(s1)CCOC2C[C@H](C)N(CC)CC1CC(NC(=O)CCCC(C)(C)CCOC(C)CCCCCCCl)C1. The molecule has 2 heterocycles. The first kappa shape index (κ1) is 36.8. The number of nitrogens with zero attached hydrogens (tertiary/aromatic N) is 1. The van der Waals surface area contributed by atoms with E-state index in [0.717, 1.165) is 96.4 Å². The van der Waals surface area contributed by atoms with Gasteiger partial charge in [0.15, 0.2) is 0 Å². The van der Waals surface area contributed by atoms with Crippen molar-refractivity contribution in [2.75, 3.05) is 32.2 Å². The molecule has 1 fully saturated rings. The van der Waals surface area contributed by atoms with E-state index in [4.69, 9.17) is 21.1 Å². The van der Waals surface area contributed by atoms with Gasteiger partial charge in [-0.25, -0.2) is 0 Å². The second kappa shape index (κ2) is 19.1. The summed E-state index contributed by atoms with van der Waals surface area (Å²) >= 11 is 7.74. The number of thiophene rings is 1. The maximum atomic E-state index is 12.7. The van der Waals surface area contributed by atoms with Crippen LogP contribution in [-0.4, -0.2) is 61.2 Å². The van der Waals surface area contributed by atoms with Gasteiger partial charge in [-0.05, 0) is 101 Å². The molecule has 2 aliphatic rings. The number of ether oxygens (including phenoxy) is 2. The zero-order chi connectivity index (χ0) is 31.2. The predicted octanol–water partition coefficient (Wildman–Crippen LogP) is 9.10. The van der Waals surface area contributed by atoms with Gasteiger partial charge >= 0.3 is 0 Å². The minimum atomic E-state index is 0.203. The number of unbranched alkanes of at least 4 members (excludes halogenated alkanes) is 3. The van der Waals surface area contributed by atoms with Crippen molar-refractivity contribution < 1.29 is 14.3 Å². The Morgan fingerprint density at radius 1 is 1.16 bits per heavy atom. The van der Waals surface area contributed by atoms with E-state index in [1.807, 2.05) is 11.3 Å². The standard InChI is InChI=1S/C36H63ClN2O3S/c1-7-31-25-32-33(42-20-16-34(32)43-31)22-27(3)39(8-2)26-29-23-30(24-29)38-35(40)15-13-17-36(5,6)18-21-41-28(4)14-11-9-10-12-19-37/h25,27-30,33H,7-24,26H2,1-6H3,(H,38,40)/t27-,28?,29?,30?,33?/m0/s1. The molecular formula is C36H63ClN2O3S. The Kier molecular flexibility index (Phi) is 16.4. The van der Waals surface area contributed by atoms with E-state index in [2.05, 4.69) is 57.8 Å². The summed E-state index contributed by atoms with van der Waals surface area (Å²) < 4.78 is 12.4. The predicted molar refractivity (Wildman–Crippen MR) is 184 cm³/mol. The van der Waals surface area contributed by atoms with Gasteiger partial charge in [-0.3, -0.25) is 4.79 Å². The number of halogens is 1. The van der Waals surface area contributed by atoms with Crippen molar-refractivity contribution in [3.05, 3.63) is 21.4 Å². The molecule has 1 saturated carbocycles. The number of nitrogens with one attached hydrogen (secondary N) is 1. The molecule has 1 N–H and O–H groups in total. The first-order valence-electron chi connectivity index (χ1n) is 17.6. The van der Waals surface area contributed by atoms with Crippen LogP contribution in [0, 0.1) is 11.3 Å². The summed E-state index contributed by atoms with van der Waals surface area (Å²) in [6.07, 6.45) is 15.7. The molecule has 43 heavy (non-hydrogen) atoms. The fourth-order valence-electron chi connectivity index (χ4n) is 6.79. The van der Waals surface area contributed by atoms with E-state index in [-0.39, 0.29) is 17.4 Å². The van der Waals surface area contributed by atoms with Crippen LogP contribution in [0.25, 0.3) is 0 Å². The Morgan fingerprint density at radius 3 is 2.65 bits per heavy atom. The van der Waals surface area contributed by atoms with Crippen LogP contribution in [0.4, 0.5) is 0 Å². The van der Waals surface area contributed by atoms with E-state index in [1.165, 1.54) is 29.7 Å². The maximum Gasteiger partial charge on any atom is 0.220 e. The number of hydrogen-bond acceptors (Lipinski definition) is 5. The molecular weight excluding hydrogens is 576 g/mol. The lowest BCUT2D eigenvalue weighted by Gasteiger charge is -2.41. The van der Waals surface area contributed by atoms with Crippen molar-refractivity contribution in [1.29, 1.82) is 0 Å². The second-order valence-corrected chi connectivity index (χ2v) is 15.8. The van der Waals surface area contributed by atoms with Crippen molar-refractivity contribution in [1.82, 2.24) is 10.2 Å². The number of carbonyl (C=O) groups is 1. The van der Waals surface area contributed by atoms with Crippen LogP contribution in [0.1, 0.15) is 140 Å². The number of carbonyl (C=O) groups excluding carboxylic acids is 1. The number of aryl methyl sites for hydroxylation is 1. The van der Waals surface area contributed by atoms with Crippen LogP contribution in [0.15, 0.2) is 6.07 Å². The number of alkyl halides is 1. The Balaban J connectivity index is 1.26. The average Bonchev–Trinajstić information content (AvgIpc) is 3.38. The third kappa shape index (κ3) is 12.9. The summed E-state index contributed by atoms with van der Waals surface area (Å²) in [5.74, 6) is 1.68. The highest BCUT2D eigenvalue weighted by Gasteiger charge is 2.33. The molecule has 0 bridgehead atoms. The largest absolute Gasteiger partial charge is 0.378 e. The van der Waals surface area contributed by atoms with Gasteiger partial charge in [0.2, 0.25) is 5.91 Å². The fourth-order valence-corrected chi connectivity index (χ4v) is 8.12. The van der Waals surface area contributed by atoms with Gasteiger partial charge in [0.25, 0.3) is 0 Å². The molecule has 2 unspecified atom stereocenters. The summed E-state index contributed by atoms with van der Waals surface area (Å²) in [6, 6.07) is 3.24. The van der Waals surface area contributed by atoms with Crippen molar-refractivity contribution >= 4 is 28.8 Å². The number of fused-ring (bicyclic) bond motifs is 1. The summed E-state index contributed by atoms with van der Waals surface area (Å²) in [6.45, 7) is 17.5. The first-order chi connectivity index (χ1) is 20.6. The van der Waals surface area contributed by atoms with Gasteiger partial charge in [0.05, 0.1) is 18.8 Å². The molecule has 0 aromatic carbocycles. The first-order valence-corrected chi connectivity index (χ1v) is 18.9. The second-order valence-electron chi connectivity index (χ2n) is 14.2. The molecule has 1 aliphatic carbocycles. The van der Waals surface area contributed by atoms with Crippen LogP contribution < -0.4 is 5.32 Å². The van der Waals surface area contributed by atoms with E-state index >= 15 is 0 Å². The van der Waals surface area contributed by atoms with Crippen LogP contribution in [0.2, 0.25) is 0 Å². The van der Waals surface area contributed by atoms with Gasteiger partial charge in [0.1, 0.15) is 0 Å². The smallest absolute Gasteiger partial charge is 0.220 e. The highest BCUT2D eigenvalue weighted by Crippen LogP contribution is 2.38. The third-order valence-corrected chi connectivity index (χ3v) is 11.5. The quantitative estimate of drug-likeness (QED) is 0.102. The lowest BCUT2D eigenvalue weighted by Crippen LogP contribution is -2.49. The van der Waals surface area contributed by atoms with Gasteiger partial charge < -0.3 is 19.7 Å². The number of hydrogen-bond donors (Lipinski definition) is 1. The monoisotopic (exact) mass is 638 g/mol. The zero-order valence-electron chi connectivity index (χ0n) is 28.4. The number of rotatable bonds is 22. The third-order valence-electron chi connectivity index (χ3n) is 9.85. The van der Waals surface area contributed by atoms with E-state index in [0.29, 0.717) is 30.5 Å². The summed E-state index contributed by atoms with van der Waals surface area (Å²) in [5, 5.41) is 3.32. The minimum absolute atomic E-state index is 0.203. The van der Waals surface area contributed by atoms with E-state index < -0.39 is 0 Å². The molecule has 0 saturated heterocycles. The molecule has 1 amide bonds. The van der Waals surface area contributed by atoms with Crippen LogP contribution in [-0.2, 0) is 27.1 Å². The van der Waals surface area contributed by atoms with Crippen LogP contribution >= 0.6 is 22.9 Å². The van der Waals surface area contributed by atoms with E-state index in [1.54, 1.807) is 4.88 Å². The van der Waals surface area contributed by atoms with Crippen molar-refractivity contribution in [2.45, 2.75) is 156 Å². The van der Waals surface area contributed by atoms with Gasteiger partial charge in [0, 0.05) is 53.7 Å². The van der Waals surface area contributed by atoms with Gasteiger partial charge in [-0.15, -0.1) is 22.9 Å². The topological polar surface area (TPSA) is 50.8 Å². The molecule has 3 atom stereocenters. The number of amides is 1. The molecule has 7 heteroatoms. The molecule has 248 valence electrons. The van der Waals surface area contributed by atoms with Gasteiger partial charge in [-0.1, -0.05) is 47.0 Å². The highest BCUT2D eigenvalue weighted by atomic mass is 35.5. The summed E-state index contributed by atoms with van der Waals surface area (Å²) in [4.78, 5) is 18.3. The molecule has 1 aliphatic heterocycles. The lowest BCUT2D eigenvalue weighted by molar-refractivity contribution is -0.123. The molecule has 1 aromatic heterocycles. The Hall–Kier alpha value is -0.660.